The summed E-state index contributed by atoms with van der Waals surface area (Å²) >= 11 is 0. The molecule has 2 aromatic rings. The third-order valence-electron chi connectivity index (χ3n) is 5.45. The van der Waals surface area contributed by atoms with E-state index in [0.29, 0.717) is 23.3 Å². The molecule has 3 rings (SSSR count). The normalized spacial score (nSPS) is 15.3. The van der Waals surface area contributed by atoms with Crippen LogP contribution in [-0.4, -0.2) is 32.6 Å². The van der Waals surface area contributed by atoms with Gasteiger partial charge in [0.15, 0.2) is 11.6 Å². The van der Waals surface area contributed by atoms with Gasteiger partial charge in [-0.1, -0.05) is 6.92 Å². The Bertz CT molecular complexity index is 1070. The molecule has 0 saturated carbocycles. The minimum atomic E-state index is -3.27. The van der Waals surface area contributed by atoms with Crippen molar-refractivity contribution in [3.05, 3.63) is 58.2 Å². The summed E-state index contributed by atoms with van der Waals surface area (Å²) in [5, 5.41) is 29.9. The van der Waals surface area contributed by atoms with Crippen LogP contribution >= 0.6 is 0 Å². The van der Waals surface area contributed by atoms with Gasteiger partial charge in [0.2, 0.25) is 11.4 Å². The Morgan fingerprint density at radius 3 is 2.50 bits per heavy atom. The number of carbonyl (C=O) groups is 1. The van der Waals surface area contributed by atoms with Crippen LogP contribution in [0.15, 0.2) is 24.3 Å². The van der Waals surface area contributed by atoms with E-state index in [1.807, 2.05) is 13.8 Å². The number of ether oxygens (including phenoxy) is 2. The largest absolute Gasteiger partial charge is 0.487 e. The van der Waals surface area contributed by atoms with E-state index in [0.717, 1.165) is 12.1 Å². The fourth-order valence-corrected chi connectivity index (χ4v) is 3.76. The first-order valence-electron chi connectivity index (χ1n) is 9.92. The number of halogens is 2. The molecule has 0 bridgehead atoms. The fraction of sp³-hybridized carbons (Fsp3) is 0.409. The van der Waals surface area contributed by atoms with E-state index in [1.54, 1.807) is 0 Å². The Kier molecular flexibility index (Phi) is 5.94. The molecule has 2 aromatic carbocycles. The Hall–Kier alpha value is -2.79. The van der Waals surface area contributed by atoms with Crippen LogP contribution in [-0.2, 0) is 30.0 Å². The molecule has 0 aromatic heterocycles. The lowest BCUT2D eigenvalue weighted by atomic mass is 9.88. The number of rotatable bonds is 7. The number of nitrogens with two attached hydrogens (primary N) is 2. The molecule has 0 aliphatic carbocycles. The van der Waals surface area contributed by atoms with Gasteiger partial charge in [0.1, 0.15) is 23.8 Å². The highest BCUT2D eigenvalue weighted by molar-refractivity contribution is 5.79. The van der Waals surface area contributed by atoms with Gasteiger partial charge >= 0.3 is 5.97 Å². The first kappa shape index (κ1) is 23.9. The quantitative estimate of drug-likeness (QED) is 0.398. The minimum absolute atomic E-state index is 0.0520. The molecule has 1 heterocycles. The van der Waals surface area contributed by atoms with E-state index in [9.17, 15) is 19.4 Å². The van der Waals surface area contributed by atoms with E-state index >= 15 is 4.39 Å². The molecule has 1 aliphatic heterocycles. The molecule has 0 spiro atoms. The van der Waals surface area contributed by atoms with Crippen molar-refractivity contribution in [1.29, 1.82) is 0 Å². The van der Waals surface area contributed by atoms with Gasteiger partial charge in [-0.3, -0.25) is 11.5 Å². The molecule has 0 unspecified atom stereocenters. The summed E-state index contributed by atoms with van der Waals surface area (Å²) in [6.45, 7) is 5.03. The minimum Gasteiger partial charge on any atom is -0.487 e. The van der Waals surface area contributed by atoms with Gasteiger partial charge in [-0.2, -0.15) is 0 Å². The number of hydrogen-bond donors (Lipinski definition) is 5. The Morgan fingerprint density at radius 2 is 1.91 bits per heavy atom. The van der Waals surface area contributed by atoms with Crippen molar-refractivity contribution < 1.29 is 38.4 Å². The summed E-state index contributed by atoms with van der Waals surface area (Å²) in [6.07, 6.45) is 0.457. The van der Waals surface area contributed by atoms with Crippen LogP contribution in [0.25, 0.3) is 0 Å². The summed E-state index contributed by atoms with van der Waals surface area (Å²) in [6, 6.07) is 4.79. The van der Waals surface area contributed by atoms with Gasteiger partial charge in [-0.05, 0) is 44.5 Å². The number of carboxylic acids is 1. The number of carboxylic acid groups (broad SMARTS) is 1. The Labute approximate surface area is 183 Å². The van der Waals surface area contributed by atoms with Crippen molar-refractivity contribution in [3.63, 3.8) is 0 Å². The van der Waals surface area contributed by atoms with Crippen molar-refractivity contribution in [2.24, 2.45) is 11.5 Å². The molecule has 0 amide bonds. The highest BCUT2D eigenvalue weighted by atomic mass is 19.1. The number of hydrogen-bond acceptors (Lipinski definition) is 7. The highest BCUT2D eigenvalue weighted by Gasteiger charge is 2.52. The number of aliphatic carboxylic acids is 1. The summed E-state index contributed by atoms with van der Waals surface area (Å²) < 4.78 is 40.6. The van der Waals surface area contributed by atoms with Crippen LogP contribution in [0.2, 0.25) is 0 Å². The molecular formula is C22H26F2N2O6. The Morgan fingerprint density at radius 1 is 1.25 bits per heavy atom. The maximum absolute atomic E-state index is 15.2. The zero-order valence-corrected chi connectivity index (χ0v) is 17.9. The van der Waals surface area contributed by atoms with Gasteiger partial charge < -0.3 is 24.8 Å². The molecule has 10 heteroatoms. The lowest BCUT2D eigenvalue weighted by molar-refractivity contribution is -0.225. The topological polar surface area (TPSA) is 148 Å². The van der Waals surface area contributed by atoms with E-state index < -0.39 is 40.2 Å². The molecule has 7 N–H and O–H groups in total. The van der Waals surface area contributed by atoms with E-state index in [-0.39, 0.29) is 24.3 Å². The molecular weight excluding hydrogens is 426 g/mol. The first-order valence-corrected chi connectivity index (χ1v) is 9.92. The average molecular weight is 452 g/mol. The van der Waals surface area contributed by atoms with Crippen molar-refractivity contribution >= 4 is 5.97 Å². The van der Waals surface area contributed by atoms with Gasteiger partial charge in [0.05, 0.1) is 0 Å². The van der Waals surface area contributed by atoms with Crippen LogP contribution in [0.5, 0.6) is 11.5 Å². The third-order valence-corrected chi connectivity index (χ3v) is 5.45. The summed E-state index contributed by atoms with van der Waals surface area (Å²) in [5.41, 5.74) is 7.57. The Balaban J connectivity index is 1.94. The molecule has 8 nitrogen and oxygen atoms in total. The summed E-state index contributed by atoms with van der Waals surface area (Å²) in [4.78, 5) is 11.3. The highest BCUT2D eigenvalue weighted by Crippen LogP contribution is 2.39. The fourth-order valence-electron chi connectivity index (χ4n) is 3.76. The SMILES string of the molecule is CCc1c(C(O)(O)C(N)(N)C(=O)O)ccc(OCc2cc(F)cc3c2OC(C)(C)C3)c1F. The summed E-state index contributed by atoms with van der Waals surface area (Å²) in [5.74, 6) is -6.37. The van der Waals surface area contributed by atoms with Crippen molar-refractivity contribution in [1.82, 2.24) is 0 Å². The number of aliphatic hydroxyl groups is 2. The standard InChI is InChI=1S/C22H26F2N2O6/c1-4-14-15(22(29,30)21(25,26)19(27)28)5-6-16(17(14)24)31-10-12-8-13(23)7-11-9-20(2,3)32-18(11)12/h5-8,29-30H,4,9-10,25-26H2,1-3H3,(H,27,28). The molecule has 0 fully saturated rings. The van der Waals surface area contributed by atoms with Gasteiger partial charge in [-0.25, -0.2) is 13.6 Å². The van der Waals surface area contributed by atoms with E-state index in [2.05, 4.69) is 0 Å². The molecule has 0 atom stereocenters. The van der Waals surface area contributed by atoms with Crippen molar-refractivity contribution in [3.8, 4) is 11.5 Å². The van der Waals surface area contributed by atoms with Crippen LogP contribution in [0.4, 0.5) is 8.78 Å². The molecule has 1 aliphatic rings. The van der Waals surface area contributed by atoms with Crippen molar-refractivity contribution in [2.45, 2.75) is 57.3 Å². The van der Waals surface area contributed by atoms with Gasteiger partial charge in [0.25, 0.3) is 0 Å². The van der Waals surface area contributed by atoms with Crippen LogP contribution in [0.3, 0.4) is 0 Å². The lowest BCUT2D eigenvalue weighted by Crippen LogP contribution is -2.70. The zero-order chi connectivity index (χ0) is 24.1. The summed E-state index contributed by atoms with van der Waals surface area (Å²) in [7, 11) is 0. The smallest absolute Gasteiger partial charge is 0.344 e. The van der Waals surface area contributed by atoms with Crippen molar-refractivity contribution in [2.75, 3.05) is 0 Å². The van der Waals surface area contributed by atoms with Crippen LogP contribution < -0.4 is 20.9 Å². The predicted octanol–water partition coefficient (Wildman–Crippen LogP) is 1.66. The van der Waals surface area contributed by atoms with Gasteiger partial charge in [0, 0.05) is 28.7 Å². The zero-order valence-electron chi connectivity index (χ0n) is 17.9. The molecule has 32 heavy (non-hydrogen) atoms. The molecule has 0 radical (unpaired) electrons. The van der Waals surface area contributed by atoms with Gasteiger partial charge in [-0.15, -0.1) is 0 Å². The monoisotopic (exact) mass is 452 g/mol. The second-order valence-corrected chi connectivity index (χ2v) is 8.48. The number of fused-ring (bicyclic) bond motifs is 1. The van der Waals surface area contributed by atoms with Crippen LogP contribution in [0.1, 0.15) is 43.0 Å². The first-order chi connectivity index (χ1) is 14.7. The van der Waals surface area contributed by atoms with Crippen LogP contribution in [0, 0.1) is 11.6 Å². The average Bonchev–Trinajstić information content (AvgIpc) is 2.99. The maximum Gasteiger partial charge on any atom is 0.344 e. The molecule has 0 saturated heterocycles. The number of benzene rings is 2. The maximum atomic E-state index is 15.2. The third kappa shape index (κ3) is 4.02. The second-order valence-electron chi connectivity index (χ2n) is 8.48. The lowest BCUT2D eigenvalue weighted by Gasteiger charge is -2.35. The van der Waals surface area contributed by atoms with E-state index in [4.69, 9.17) is 26.0 Å². The van der Waals surface area contributed by atoms with E-state index in [1.165, 1.54) is 19.1 Å². The molecule has 174 valence electrons. The second kappa shape index (κ2) is 7.96. The predicted molar refractivity (Wildman–Crippen MR) is 110 cm³/mol.